The second-order valence-corrected chi connectivity index (χ2v) is 5.31. The van der Waals surface area contributed by atoms with Gasteiger partial charge in [0.2, 0.25) is 0 Å². The van der Waals surface area contributed by atoms with Crippen LogP contribution in [0.15, 0.2) is 18.2 Å². The number of aryl methyl sites for hydroxylation is 1. The van der Waals surface area contributed by atoms with Gasteiger partial charge < -0.3 is 10.1 Å². The van der Waals surface area contributed by atoms with Crippen LogP contribution >= 0.6 is 0 Å². The molecule has 0 saturated carbocycles. The summed E-state index contributed by atoms with van der Waals surface area (Å²) in [5, 5.41) is 3.44. The Kier molecular flexibility index (Phi) is 4.65. The number of methoxy groups -OCH3 is 1. The summed E-state index contributed by atoms with van der Waals surface area (Å²) in [5.74, 6) is 2.43. The average molecular weight is 247 g/mol. The summed E-state index contributed by atoms with van der Waals surface area (Å²) in [6, 6.07) is 6.65. The molecule has 0 aromatic heterocycles. The standard InChI is InChI=1S/C16H25NO/c1-4-13-5-6-16(18-3)15(11-13)12(2)14-7-9-17-10-8-14/h5-6,11-12,14,17H,4,7-10H2,1-3H3. The molecule has 0 spiro atoms. The van der Waals surface area contributed by atoms with Gasteiger partial charge in [-0.25, -0.2) is 0 Å². The molecule has 0 amide bonds. The van der Waals surface area contributed by atoms with Crippen LogP contribution in [0.5, 0.6) is 5.75 Å². The summed E-state index contributed by atoms with van der Waals surface area (Å²) in [7, 11) is 1.78. The maximum absolute atomic E-state index is 5.54. The molecule has 1 N–H and O–H groups in total. The minimum Gasteiger partial charge on any atom is -0.496 e. The predicted molar refractivity (Wildman–Crippen MR) is 76.4 cm³/mol. The molecule has 100 valence electrons. The van der Waals surface area contributed by atoms with Crippen LogP contribution in [0.25, 0.3) is 0 Å². The Morgan fingerprint density at radius 2 is 2.06 bits per heavy atom. The van der Waals surface area contributed by atoms with Crippen molar-refractivity contribution in [3.8, 4) is 5.75 Å². The van der Waals surface area contributed by atoms with E-state index in [0.29, 0.717) is 5.92 Å². The number of hydrogen-bond acceptors (Lipinski definition) is 2. The Morgan fingerprint density at radius 3 is 2.67 bits per heavy atom. The fourth-order valence-electron chi connectivity index (χ4n) is 2.96. The van der Waals surface area contributed by atoms with Crippen LogP contribution < -0.4 is 10.1 Å². The highest BCUT2D eigenvalue weighted by Gasteiger charge is 2.23. The van der Waals surface area contributed by atoms with Crippen molar-refractivity contribution < 1.29 is 4.74 Å². The first-order chi connectivity index (χ1) is 8.76. The molecule has 1 unspecified atom stereocenters. The molecule has 1 aromatic rings. The highest BCUT2D eigenvalue weighted by atomic mass is 16.5. The lowest BCUT2D eigenvalue weighted by atomic mass is 9.81. The van der Waals surface area contributed by atoms with E-state index in [1.165, 1.54) is 24.0 Å². The highest BCUT2D eigenvalue weighted by Crippen LogP contribution is 2.36. The van der Waals surface area contributed by atoms with Crippen LogP contribution in [0.2, 0.25) is 0 Å². The third-order valence-corrected chi connectivity index (χ3v) is 4.28. The van der Waals surface area contributed by atoms with E-state index in [4.69, 9.17) is 4.74 Å². The van der Waals surface area contributed by atoms with Crippen molar-refractivity contribution in [2.24, 2.45) is 5.92 Å². The van der Waals surface area contributed by atoms with Gasteiger partial charge >= 0.3 is 0 Å². The Hall–Kier alpha value is -1.02. The van der Waals surface area contributed by atoms with Crippen LogP contribution in [0, 0.1) is 5.92 Å². The first-order valence-corrected chi connectivity index (χ1v) is 7.13. The van der Waals surface area contributed by atoms with Gasteiger partial charge in [-0.3, -0.25) is 0 Å². The minimum absolute atomic E-state index is 0.591. The Labute approximate surface area is 111 Å². The van der Waals surface area contributed by atoms with E-state index >= 15 is 0 Å². The van der Waals surface area contributed by atoms with Gasteiger partial charge in [-0.05, 0) is 61.4 Å². The van der Waals surface area contributed by atoms with Gasteiger partial charge in [-0.15, -0.1) is 0 Å². The zero-order valence-corrected chi connectivity index (χ0v) is 11.8. The number of rotatable bonds is 4. The molecule has 2 rings (SSSR count). The number of ether oxygens (including phenoxy) is 1. The zero-order valence-electron chi connectivity index (χ0n) is 11.8. The van der Waals surface area contributed by atoms with Crippen molar-refractivity contribution in [2.45, 2.75) is 39.0 Å². The van der Waals surface area contributed by atoms with Crippen molar-refractivity contribution in [3.05, 3.63) is 29.3 Å². The molecule has 0 aliphatic carbocycles. The smallest absolute Gasteiger partial charge is 0.122 e. The van der Waals surface area contributed by atoms with Gasteiger partial charge in [0.15, 0.2) is 0 Å². The molecular formula is C16H25NO. The highest BCUT2D eigenvalue weighted by molar-refractivity contribution is 5.40. The van der Waals surface area contributed by atoms with Crippen LogP contribution in [0.1, 0.15) is 43.7 Å². The molecule has 1 atom stereocenters. The third kappa shape index (κ3) is 2.86. The number of hydrogen-bond donors (Lipinski definition) is 1. The predicted octanol–water partition coefficient (Wildman–Crippen LogP) is 3.36. The van der Waals surface area contributed by atoms with E-state index in [9.17, 15) is 0 Å². The second kappa shape index (κ2) is 6.24. The van der Waals surface area contributed by atoms with Gasteiger partial charge in [0, 0.05) is 0 Å². The quantitative estimate of drug-likeness (QED) is 0.881. The lowest BCUT2D eigenvalue weighted by Gasteiger charge is -2.29. The van der Waals surface area contributed by atoms with Crippen LogP contribution in [-0.4, -0.2) is 20.2 Å². The van der Waals surface area contributed by atoms with Crippen LogP contribution in [0.3, 0.4) is 0 Å². The first-order valence-electron chi connectivity index (χ1n) is 7.13. The van der Waals surface area contributed by atoms with Crippen LogP contribution in [-0.2, 0) is 6.42 Å². The van der Waals surface area contributed by atoms with Gasteiger partial charge in [0.25, 0.3) is 0 Å². The first kappa shape index (κ1) is 13.4. The monoisotopic (exact) mass is 247 g/mol. The Morgan fingerprint density at radius 1 is 1.33 bits per heavy atom. The summed E-state index contributed by atoms with van der Waals surface area (Å²) < 4.78 is 5.54. The maximum atomic E-state index is 5.54. The number of nitrogens with one attached hydrogen (secondary N) is 1. The van der Waals surface area contributed by atoms with E-state index in [2.05, 4.69) is 37.4 Å². The van der Waals surface area contributed by atoms with Crippen molar-refractivity contribution in [1.29, 1.82) is 0 Å². The summed E-state index contributed by atoms with van der Waals surface area (Å²) in [4.78, 5) is 0. The van der Waals surface area contributed by atoms with Crippen molar-refractivity contribution in [2.75, 3.05) is 20.2 Å². The molecule has 1 aromatic carbocycles. The van der Waals surface area contributed by atoms with Gasteiger partial charge in [-0.1, -0.05) is 26.0 Å². The van der Waals surface area contributed by atoms with Gasteiger partial charge in [-0.2, -0.15) is 0 Å². The maximum Gasteiger partial charge on any atom is 0.122 e. The van der Waals surface area contributed by atoms with Crippen molar-refractivity contribution >= 4 is 0 Å². The molecule has 0 bridgehead atoms. The molecule has 2 nitrogen and oxygen atoms in total. The fourth-order valence-corrected chi connectivity index (χ4v) is 2.96. The second-order valence-electron chi connectivity index (χ2n) is 5.31. The number of benzene rings is 1. The van der Waals surface area contributed by atoms with E-state index in [1.54, 1.807) is 7.11 Å². The molecular weight excluding hydrogens is 222 g/mol. The molecule has 1 fully saturated rings. The summed E-state index contributed by atoms with van der Waals surface area (Å²) in [6.45, 7) is 6.88. The normalized spacial score (nSPS) is 18.6. The summed E-state index contributed by atoms with van der Waals surface area (Å²) in [5.41, 5.74) is 2.80. The molecule has 1 heterocycles. The SMILES string of the molecule is CCc1ccc(OC)c(C(C)C2CCNCC2)c1. The Bertz CT molecular complexity index is 383. The molecule has 18 heavy (non-hydrogen) atoms. The third-order valence-electron chi connectivity index (χ3n) is 4.28. The minimum atomic E-state index is 0.591. The van der Waals surface area contributed by atoms with E-state index < -0.39 is 0 Å². The van der Waals surface area contributed by atoms with Crippen molar-refractivity contribution in [3.63, 3.8) is 0 Å². The number of piperidine rings is 1. The molecule has 0 radical (unpaired) electrons. The van der Waals surface area contributed by atoms with Crippen molar-refractivity contribution in [1.82, 2.24) is 5.32 Å². The molecule has 2 heteroatoms. The topological polar surface area (TPSA) is 21.3 Å². The molecule has 1 aliphatic heterocycles. The molecule has 1 aliphatic rings. The van der Waals surface area contributed by atoms with Crippen LogP contribution in [0.4, 0.5) is 0 Å². The van der Waals surface area contributed by atoms with E-state index in [1.807, 2.05) is 0 Å². The average Bonchev–Trinajstić information content (AvgIpc) is 2.46. The fraction of sp³-hybridized carbons (Fsp3) is 0.625. The zero-order chi connectivity index (χ0) is 13.0. The van der Waals surface area contributed by atoms with Gasteiger partial charge in [0.05, 0.1) is 7.11 Å². The summed E-state index contributed by atoms with van der Waals surface area (Å²) in [6.07, 6.45) is 3.65. The Balaban J connectivity index is 2.23. The molecule has 1 saturated heterocycles. The van der Waals surface area contributed by atoms with Gasteiger partial charge in [0.1, 0.15) is 5.75 Å². The largest absolute Gasteiger partial charge is 0.496 e. The lowest BCUT2D eigenvalue weighted by molar-refractivity contribution is 0.321. The van der Waals surface area contributed by atoms with E-state index in [0.717, 1.165) is 31.2 Å². The summed E-state index contributed by atoms with van der Waals surface area (Å²) >= 11 is 0. The van der Waals surface area contributed by atoms with E-state index in [-0.39, 0.29) is 0 Å². The lowest BCUT2D eigenvalue weighted by Crippen LogP contribution is -2.30.